The summed E-state index contributed by atoms with van der Waals surface area (Å²) in [4.78, 5) is 0. The second kappa shape index (κ2) is 7.97. The Hall–Kier alpha value is -5.08. The maximum Gasteiger partial charge on any atom is 0.0541 e. The van der Waals surface area contributed by atoms with Crippen LogP contribution in [0.4, 0.5) is 0 Å². The molecule has 2 aromatic heterocycles. The van der Waals surface area contributed by atoms with Crippen molar-refractivity contribution in [2.75, 3.05) is 0 Å². The molecular formula is C38H26N2. The maximum absolute atomic E-state index is 2.41. The second-order valence-electron chi connectivity index (χ2n) is 11.1. The summed E-state index contributed by atoms with van der Waals surface area (Å²) in [5.74, 6) is 0. The fourth-order valence-electron chi connectivity index (χ4n) is 7.05. The van der Waals surface area contributed by atoms with E-state index >= 15 is 0 Å². The first-order valence-electron chi connectivity index (χ1n) is 14.0. The summed E-state index contributed by atoms with van der Waals surface area (Å²) in [6, 6.07) is 47.1. The molecule has 0 bridgehead atoms. The van der Waals surface area contributed by atoms with Crippen LogP contribution in [-0.4, -0.2) is 9.13 Å². The predicted octanol–water partition coefficient (Wildman–Crippen LogP) is 9.67. The smallest absolute Gasteiger partial charge is 0.0541 e. The van der Waals surface area contributed by atoms with Crippen LogP contribution in [0.25, 0.3) is 71.6 Å². The number of aryl methyl sites for hydroxylation is 1. The average molecular weight is 511 g/mol. The Balaban J connectivity index is 1.24. The molecule has 6 aromatic carbocycles. The van der Waals surface area contributed by atoms with Gasteiger partial charge in [0.15, 0.2) is 0 Å². The van der Waals surface area contributed by atoms with Crippen molar-refractivity contribution < 1.29 is 0 Å². The molecule has 40 heavy (non-hydrogen) atoms. The standard InChI is InChI=1S/C38H26N2/c1-39-35-18-15-25(24-14-17-30-27(20-24)21-26-8-2-3-9-29(26)30)22-33(35)34-23-28(16-19-36(34)39)40-37-12-6-4-10-31(37)32-11-5-7-13-38(32)40/h2-20,22-23H,21H2,1H3. The van der Waals surface area contributed by atoms with Crippen molar-refractivity contribution in [3.63, 3.8) is 0 Å². The molecule has 0 unspecified atom stereocenters. The minimum absolute atomic E-state index is 1.01. The summed E-state index contributed by atoms with van der Waals surface area (Å²) in [6.07, 6.45) is 1.01. The zero-order valence-electron chi connectivity index (χ0n) is 22.2. The van der Waals surface area contributed by atoms with E-state index in [1.54, 1.807) is 0 Å². The Kier molecular flexibility index (Phi) is 4.34. The van der Waals surface area contributed by atoms with Gasteiger partial charge in [0.1, 0.15) is 0 Å². The van der Waals surface area contributed by atoms with E-state index in [2.05, 4.69) is 144 Å². The van der Waals surface area contributed by atoms with Crippen molar-refractivity contribution >= 4 is 43.6 Å². The number of benzene rings is 6. The molecular weight excluding hydrogens is 484 g/mol. The molecule has 2 heteroatoms. The molecule has 0 fully saturated rings. The molecule has 8 aromatic rings. The van der Waals surface area contributed by atoms with Crippen LogP contribution in [0.5, 0.6) is 0 Å². The van der Waals surface area contributed by atoms with Crippen molar-refractivity contribution in [2.45, 2.75) is 6.42 Å². The van der Waals surface area contributed by atoms with E-state index in [4.69, 9.17) is 0 Å². The minimum Gasteiger partial charge on any atom is -0.344 e. The lowest BCUT2D eigenvalue weighted by atomic mass is 9.98. The number of rotatable bonds is 2. The highest BCUT2D eigenvalue weighted by Gasteiger charge is 2.19. The van der Waals surface area contributed by atoms with E-state index in [1.807, 2.05) is 0 Å². The maximum atomic E-state index is 2.41. The third-order valence-electron chi connectivity index (χ3n) is 8.95. The summed E-state index contributed by atoms with van der Waals surface area (Å²) in [6.45, 7) is 0. The Morgan fingerprint density at radius 1 is 0.450 bits per heavy atom. The molecule has 9 rings (SSSR count). The number of aromatic nitrogens is 2. The Morgan fingerprint density at radius 2 is 1.05 bits per heavy atom. The Bertz CT molecular complexity index is 2260. The van der Waals surface area contributed by atoms with Gasteiger partial charge in [0.2, 0.25) is 0 Å². The van der Waals surface area contributed by atoms with Gasteiger partial charge in [-0.15, -0.1) is 0 Å². The van der Waals surface area contributed by atoms with Gasteiger partial charge in [-0.1, -0.05) is 84.9 Å². The fourth-order valence-corrected chi connectivity index (χ4v) is 7.05. The van der Waals surface area contributed by atoms with Gasteiger partial charge in [-0.25, -0.2) is 0 Å². The Morgan fingerprint density at radius 3 is 1.85 bits per heavy atom. The minimum atomic E-state index is 1.01. The zero-order chi connectivity index (χ0) is 26.4. The summed E-state index contributed by atoms with van der Waals surface area (Å²) < 4.78 is 4.73. The van der Waals surface area contributed by atoms with Crippen LogP contribution in [0.15, 0.2) is 127 Å². The number of para-hydroxylation sites is 2. The van der Waals surface area contributed by atoms with Gasteiger partial charge in [0.25, 0.3) is 0 Å². The largest absolute Gasteiger partial charge is 0.344 e. The number of fused-ring (bicyclic) bond motifs is 9. The lowest BCUT2D eigenvalue weighted by Gasteiger charge is -2.09. The van der Waals surface area contributed by atoms with Gasteiger partial charge < -0.3 is 9.13 Å². The first kappa shape index (κ1) is 21.8. The highest BCUT2D eigenvalue weighted by molar-refractivity contribution is 6.12. The molecule has 2 nitrogen and oxygen atoms in total. The van der Waals surface area contributed by atoms with Crippen LogP contribution in [0.2, 0.25) is 0 Å². The summed E-state index contributed by atoms with van der Waals surface area (Å²) >= 11 is 0. The molecule has 1 aliphatic rings. The third kappa shape index (κ3) is 2.93. The Labute approximate surface area is 232 Å². The summed E-state index contributed by atoms with van der Waals surface area (Å²) in [7, 11) is 2.18. The number of nitrogens with zero attached hydrogens (tertiary/aromatic N) is 2. The average Bonchev–Trinajstić information content (AvgIpc) is 3.64. The highest BCUT2D eigenvalue weighted by atomic mass is 15.0. The van der Waals surface area contributed by atoms with Crippen molar-refractivity contribution in [3.8, 4) is 27.9 Å². The molecule has 2 heterocycles. The molecule has 0 radical (unpaired) electrons. The van der Waals surface area contributed by atoms with E-state index in [-0.39, 0.29) is 0 Å². The number of hydrogen-bond acceptors (Lipinski definition) is 0. The molecule has 0 atom stereocenters. The van der Waals surface area contributed by atoms with E-state index < -0.39 is 0 Å². The van der Waals surface area contributed by atoms with Crippen molar-refractivity contribution in [3.05, 3.63) is 139 Å². The quantitative estimate of drug-likeness (QED) is 0.219. The monoisotopic (exact) mass is 510 g/mol. The molecule has 0 saturated heterocycles. The highest BCUT2D eigenvalue weighted by Crippen LogP contribution is 2.40. The number of hydrogen-bond donors (Lipinski definition) is 0. The van der Waals surface area contributed by atoms with E-state index in [0.717, 1.165) is 6.42 Å². The summed E-state index contributed by atoms with van der Waals surface area (Å²) in [5, 5.41) is 5.16. The lowest BCUT2D eigenvalue weighted by Crippen LogP contribution is -1.94. The van der Waals surface area contributed by atoms with E-state index in [0.29, 0.717) is 0 Å². The first-order valence-corrected chi connectivity index (χ1v) is 14.0. The SMILES string of the molecule is Cn1c2ccc(-c3ccc4c(c3)Cc3ccccc3-4)cc2c2cc(-n3c4ccccc4c4ccccc43)ccc21. The molecule has 0 N–H and O–H groups in total. The predicted molar refractivity (Wildman–Crippen MR) is 168 cm³/mol. The van der Waals surface area contributed by atoms with Crippen LogP contribution in [0.1, 0.15) is 11.1 Å². The van der Waals surface area contributed by atoms with Gasteiger partial charge in [-0.05, 0) is 82.3 Å². The summed E-state index contributed by atoms with van der Waals surface area (Å²) in [5.41, 5.74) is 14.3. The second-order valence-corrected chi connectivity index (χ2v) is 11.1. The molecule has 0 amide bonds. The normalized spacial score (nSPS) is 12.5. The van der Waals surface area contributed by atoms with E-state index in [1.165, 1.54) is 82.7 Å². The van der Waals surface area contributed by atoms with Crippen molar-refractivity contribution in [1.29, 1.82) is 0 Å². The van der Waals surface area contributed by atoms with Crippen LogP contribution < -0.4 is 0 Å². The molecule has 1 aliphatic carbocycles. The first-order chi connectivity index (χ1) is 19.7. The van der Waals surface area contributed by atoms with Gasteiger partial charge >= 0.3 is 0 Å². The van der Waals surface area contributed by atoms with Gasteiger partial charge in [0.05, 0.1) is 11.0 Å². The molecule has 0 spiro atoms. The van der Waals surface area contributed by atoms with Crippen LogP contribution in [0.3, 0.4) is 0 Å². The van der Waals surface area contributed by atoms with Crippen molar-refractivity contribution in [2.24, 2.45) is 7.05 Å². The van der Waals surface area contributed by atoms with E-state index in [9.17, 15) is 0 Å². The molecule has 188 valence electrons. The lowest BCUT2D eigenvalue weighted by molar-refractivity contribution is 1.01. The van der Waals surface area contributed by atoms with Crippen molar-refractivity contribution in [1.82, 2.24) is 9.13 Å². The van der Waals surface area contributed by atoms with Crippen LogP contribution >= 0.6 is 0 Å². The third-order valence-corrected chi connectivity index (χ3v) is 8.95. The van der Waals surface area contributed by atoms with Gasteiger partial charge in [-0.2, -0.15) is 0 Å². The zero-order valence-corrected chi connectivity index (χ0v) is 22.2. The van der Waals surface area contributed by atoms with Crippen LogP contribution in [0, 0.1) is 0 Å². The fraction of sp³-hybridized carbons (Fsp3) is 0.0526. The topological polar surface area (TPSA) is 9.86 Å². The molecule has 0 aliphatic heterocycles. The molecule has 0 saturated carbocycles. The van der Waals surface area contributed by atoms with Gasteiger partial charge in [0, 0.05) is 45.3 Å². The van der Waals surface area contributed by atoms with Gasteiger partial charge in [-0.3, -0.25) is 0 Å². The van der Waals surface area contributed by atoms with Crippen LogP contribution in [-0.2, 0) is 13.5 Å².